The van der Waals surface area contributed by atoms with Crippen LogP contribution >= 0.6 is 7.82 Å². The molecule has 1 aromatic heterocycles. The van der Waals surface area contributed by atoms with Crippen molar-refractivity contribution in [3.63, 3.8) is 0 Å². The highest BCUT2D eigenvalue weighted by Crippen LogP contribution is 2.39. The van der Waals surface area contributed by atoms with Crippen molar-refractivity contribution in [2.24, 2.45) is 0 Å². The Kier molecular flexibility index (Phi) is 3.54. The largest absolute Gasteiger partial charge is 0.526 e. The van der Waals surface area contributed by atoms with Crippen molar-refractivity contribution in [1.82, 2.24) is 9.78 Å². The number of hydrogen-bond donors (Lipinski definition) is 2. The molecular formula is C8H15N2O4P. The molecule has 0 bridgehead atoms. The van der Waals surface area contributed by atoms with Gasteiger partial charge in [0.2, 0.25) is 5.88 Å². The van der Waals surface area contributed by atoms with Crippen molar-refractivity contribution in [3.8, 4) is 5.88 Å². The van der Waals surface area contributed by atoms with E-state index in [0.29, 0.717) is 13.0 Å². The van der Waals surface area contributed by atoms with Gasteiger partial charge in [0.15, 0.2) is 0 Å². The molecule has 0 aliphatic rings. The summed E-state index contributed by atoms with van der Waals surface area (Å²) in [6, 6.07) is 0. The van der Waals surface area contributed by atoms with Gasteiger partial charge in [-0.2, -0.15) is 0 Å². The van der Waals surface area contributed by atoms with E-state index in [1.807, 2.05) is 20.8 Å². The molecule has 0 saturated heterocycles. The average molecular weight is 234 g/mol. The number of rotatable bonds is 4. The van der Waals surface area contributed by atoms with Crippen LogP contribution in [0, 0.1) is 6.92 Å². The Labute approximate surface area is 88.1 Å². The molecule has 0 atom stereocenters. The summed E-state index contributed by atoms with van der Waals surface area (Å²) >= 11 is 0. The molecule has 0 spiro atoms. The van der Waals surface area contributed by atoms with Gasteiger partial charge >= 0.3 is 7.82 Å². The Morgan fingerprint density at radius 2 is 2.07 bits per heavy atom. The molecule has 0 aliphatic carbocycles. The van der Waals surface area contributed by atoms with Gasteiger partial charge in [-0.1, -0.05) is 6.92 Å². The maximum atomic E-state index is 10.7. The first-order valence-corrected chi connectivity index (χ1v) is 6.23. The van der Waals surface area contributed by atoms with Crippen molar-refractivity contribution in [1.29, 1.82) is 0 Å². The first-order chi connectivity index (χ1) is 6.89. The number of phosphoric ester groups is 1. The third-order valence-corrected chi connectivity index (χ3v) is 2.56. The van der Waals surface area contributed by atoms with E-state index in [1.165, 1.54) is 0 Å². The fraction of sp³-hybridized carbons (Fsp3) is 0.625. The lowest BCUT2D eigenvalue weighted by molar-refractivity contribution is 0.277. The SMILES string of the molecule is CCc1c(OP(=O)(O)O)nn(CC)c1C. The summed E-state index contributed by atoms with van der Waals surface area (Å²) in [5, 5.41) is 3.99. The monoisotopic (exact) mass is 234 g/mol. The van der Waals surface area contributed by atoms with Gasteiger partial charge in [-0.05, 0) is 20.3 Å². The van der Waals surface area contributed by atoms with Crippen LogP contribution < -0.4 is 4.52 Å². The van der Waals surface area contributed by atoms with Gasteiger partial charge in [-0.15, -0.1) is 5.10 Å². The summed E-state index contributed by atoms with van der Waals surface area (Å²) in [7, 11) is -4.52. The Balaban J connectivity index is 3.12. The van der Waals surface area contributed by atoms with Crippen LogP contribution in [0.2, 0.25) is 0 Å². The molecule has 1 rings (SSSR count). The third kappa shape index (κ3) is 2.81. The topological polar surface area (TPSA) is 84.6 Å². The van der Waals surface area contributed by atoms with E-state index >= 15 is 0 Å². The molecular weight excluding hydrogens is 219 g/mol. The fourth-order valence-electron chi connectivity index (χ4n) is 1.46. The van der Waals surface area contributed by atoms with Gasteiger partial charge in [0.25, 0.3) is 0 Å². The Morgan fingerprint density at radius 3 is 2.47 bits per heavy atom. The molecule has 1 aromatic rings. The summed E-state index contributed by atoms with van der Waals surface area (Å²) < 4.78 is 16.9. The smallest absolute Gasteiger partial charge is 0.384 e. The van der Waals surface area contributed by atoms with E-state index in [4.69, 9.17) is 9.79 Å². The molecule has 1 heterocycles. The van der Waals surface area contributed by atoms with Crippen LogP contribution in [0.1, 0.15) is 25.1 Å². The maximum Gasteiger partial charge on any atom is 0.526 e. The standard InChI is InChI=1S/C8H15N2O4P/c1-4-7-6(3)10(5-2)9-8(7)14-15(11,12)13/h4-5H2,1-3H3,(H2,11,12,13). The first-order valence-electron chi connectivity index (χ1n) is 4.70. The van der Waals surface area contributed by atoms with Crippen LogP contribution in [0.3, 0.4) is 0 Å². The van der Waals surface area contributed by atoms with Crippen LogP contribution in [0.15, 0.2) is 0 Å². The van der Waals surface area contributed by atoms with E-state index in [0.717, 1.165) is 11.3 Å². The van der Waals surface area contributed by atoms with Crippen LogP contribution in [-0.2, 0) is 17.5 Å². The molecule has 0 unspecified atom stereocenters. The summed E-state index contributed by atoms with van der Waals surface area (Å²) in [6.07, 6.45) is 0.626. The van der Waals surface area contributed by atoms with E-state index in [9.17, 15) is 4.57 Å². The Bertz CT molecular complexity index is 396. The lowest BCUT2D eigenvalue weighted by Gasteiger charge is -2.04. The third-order valence-electron chi connectivity index (χ3n) is 2.15. The molecule has 0 saturated carbocycles. The molecule has 86 valence electrons. The second-order valence-corrected chi connectivity index (χ2v) is 4.28. The minimum atomic E-state index is -4.52. The molecule has 0 fully saturated rings. The number of nitrogens with zero attached hydrogens (tertiary/aromatic N) is 2. The number of hydrogen-bond acceptors (Lipinski definition) is 3. The normalized spacial score (nSPS) is 11.8. The predicted octanol–water partition coefficient (Wildman–Crippen LogP) is 1.25. The van der Waals surface area contributed by atoms with Crippen LogP contribution in [-0.4, -0.2) is 19.6 Å². The quantitative estimate of drug-likeness (QED) is 0.766. The molecule has 6 nitrogen and oxygen atoms in total. The van der Waals surface area contributed by atoms with Crippen LogP contribution in [0.25, 0.3) is 0 Å². The van der Waals surface area contributed by atoms with Crippen LogP contribution in [0.5, 0.6) is 5.88 Å². The Hall–Kier alpha value is -0.840. The number of aryl methyl sites for hydroxylation is 1. The molecule has 0 aromatic carbocycles. The molecule has 7 heteroatoms. The molecule has 0 aliphatic heterocycles. The van der Waals surface area contributed by atoms with Crippen molar-refractivity contribution in [3.05, 3.63) is 11.3 Å². The van der Waals surface area contributed by atoms with E-state index < -0.39 is 7.82 Å². The van der Waals surface area contributed by atoms with Crippen molar-refractivity contribution in [2.75, 3.05) is 0 Å². The summed E-state index contributed by atoms with van der Waals surface area (Å²) in [5.41, 5.74) is 1.61. The van der Waals surface area contributed by atoms with Crippen molar-refractivity contribution < 1.29 is 18.9 Å². The van der Waals surface area contributed by atoms with Crippen LogP contribution in [0.4, 0.5) is 0 Å². The van der Waals surface area contributed by atoms with Gasteiger partial charge in [-0.25, -0.2) is 4.57 Å². The minimum absolute atomic E-state index is 0.0326. The highest BCUT2D eigenvalue weighted by molar-refractivity contribution is 7.46. The van der Waals surface area contributed by atoms with Gasteiger partial charge in [0.05, 0.1) is 0 Å². The number of phosphoric acid groups is 1. The highest BCUT2D eigenvalue weighted by Gasteiger charge is 2.22. The zero-order valence-corrected chi connectivity index (χ0v) is 9.86. The zero-order chi connectivity index (χ0) is 11.6. The predicted molar refractivity (Wildman–Crippen MR) is 54.7 cm³/mol. The first kappa shape index (κ1) is 12.2. The average Bonchev–Trinajstić information content (AvgIpc) is 2.39. The Morgan fingerprint density at radius 1 is 1.47 bits per heavy atom. The van der Waals surface area contributed by atoms with Gasteiger partial charge < -0.3 is 4.52 Å². The summed E-state index contributed by atoms with van der Waals surface area (Å²) in [6.45, 7) is 6.28. The zero-order valence-electron chi connectivity index (χ0n) is 8.97. The van der Waals surface area contributed by atoms with E-state index in [-0.39, 0.29) is 5.88 Å². The highest BCUT2D eigenvalue weighted by atomic mass is 31.2. The second-order valence-electron chi connectivity index (χ2n) is 3.12. The lowest BCUT2D eigenvalue weighted by atomic mass is 10.2. The second kappa shape index (κ2) is 4.35. The molecule has 2 N–H and O–H groups in total. The maximum absolute atomic E-state index is 10.7. The van der Waals surface area contributed by atoms with Gasteiger partial charge in [0.1, 0.15) is 0 Å². The lowest BCUT2D eigenvalue weighted by Crippen LogP contribution is -1.99. The van der Waals surface area contributed by atoms with Gasteiger partial charge in [-0.3, -0.25) is 14.5 Å². The summed E-state index contributed by atoms with van der Waals surface area (Å²) in [4.78, 5) is 17.4. The molecule has 0 radical (unpaired) electrons. The minimum Gasteiger partial charge on any atom is -0.384 e. The van der Waals surface area contributed by atoms with Crippen molar-refractivity contribution in [2.45, 2.75) is 33.7 Å². The summed E-state index contributed by atoms with van der Waals surface area (Å²) in [5.74, 6) is 0.0326. The molecule has 15 heavy (non-hydrogen) atoms. The van der Waals surface area contributed by atoms with Gasteiger partial charge in [0, 0.05) is 17.8 Å². The molecule has 0 amide bonds. The number of aromatic nitrogens is 2. The van der Waals surface area contributed by atoms with E-state index in [2.05, 4.69) is 9.62 Å². The van der Waals surface area contributed by atoms with E-state index in [1.54, 1.807) is 4.68 Å². The fourth-order valence-corrected chi connectivity index (χ4v) is 1.83. The van der Waals surface area contributed by atoms with Crippen molar-refractivity contribution >= 4 is 7.82 Å².